The van der Waals surface area contributed by atoms with Gasteiger partial charge in [-0.3, -0.25) is 0 Å². The van der Waals surface area contributed by atoms with Crippen LogP contribution in [0.2, 0.25) is 0 Å². The minimum atomic E-state index is -0.301. The van der Waals surface area contributed by atoms with Gasteiger partial charge in [-0.1, -0.05) is 0 Å². The molecule has 1 aromatic rings. The van der Waals surface area contributed by atoms with Gasteiger partial charge in [0.2, 0.25) is 0 Å². The predicted molar refractivity (Wildman–Crippen MR) is 47.9 cm³/mol. The monoisotopic (exact) mass is 165 g/mol. The highest BCUT2D eigenvalue weighted by Gasteiger charge is 2.39. The molecule has 1 heterocycles. The zero-order valence-corrected chi connectivity index (χ0v) is 7.45. The third-order valence-corrected chi connectivity index (χ3v) is 2.72. The molecule has 1 saturated carbocycles. The second-order valence-corrected chi connectivity index (χ2v) is 3.83. The Morgan fingerprint density at radius 1 is 1.58 bits per heavy atom. The number of aliphatic hydroxyl groups is 1. The molecule has 2 heteroatoms. The Morgan fingerprint density at radius 2 is 2.33 bits per heavy atom. The molecule has 0 unspecified atom stereocenters. The fourth-order valence-electron chi connectivity index (χ4n) is 1.51. The van der Waals surface area contributed by atoms with E-state index < -0.39 is 0 Å². The maximum Gasteiger partial charge on any atom is 0.0653 e. The van der Waals surface area contributed by atoms with E-state index in [1.807, 2.05) is 19.3 Å². The van der Waals surface area contributed by atoms with E-state index in [0.29, 0.717) is 0 Å². The van der Waals surface area contributed by atoms with Gasteiger partial charge in [0, 0.05) is 18.9 Å². The topological polar surface area (TPSA) is 25.2 Å². The predicted octanol–water partition coefficient (Wildman–Crippen LogP) is 1.48. The van der Waals surface area contributed by atoms with Crippen LogP contribution < -0.4 is 0 Å². The normalized spacial score (nSPS) is 19.5. The maximum atomic E-state index is 9.61. The van der Waals surface area contributed by atoms with Crippen molar-refractivity contribution in [2.45, 2.75) is 31.3 Å². The molecular weight excluding hydrogens is 150 g/mol. The average Bonchev–Trinajstić information content (AvgIpc) is 2.61. The maximum absolute atomic E-state index is 9.61. The summed E-state index contributed by atoms with van der Waals surface area (Å²) < 4.78 is 2.12. The highest BCUT2D eigenvalue weighted by atomic mass is 16.3. The molecule has 0 radical (unpaired) electrons. The van der Waals surface area contributed by atoms with E-state index in [0.717, 1.165) is 25.7 Å². The molecule has 0 amide bonds. The van der Waals surface area contributed by atoms with Gasteiger partial charge in [-0.25, -0.2) is 0 Å². The summed E-state index contributed by atoms with van der Waals surface area (Å²) in [6.07, 6.45) is 5.96. The second-order valence-electron chi connectivity index (χ2n) is 3.83. The van der Waals surface area contributed by atoms with E-state index >= 15 is 0 Å². The first kappa shape index (κ1) is 7.87. The van der Waals surface area contributed by atoms with E-state index in [2.05, 4.69) is 10.6 Å². The van der Waals surface area contributed by atoms with Crippen molar-refractivity contribution in [1.29, 1.82) is 0 Å². The molecule has 1 aromatic heterocycles. The smallest absolute Gasteiger partial charge is 0.0653 e. The molecule has 0 aliphatic heterocycles. The molecule has 12 heavy (non-hydrogen) atoms. The third-order valence-electron chi connectivity index (χ3n) is 2.72. The standard InChI is InChI=1S/C10H15NO/c1-11-8-2-3-9(11)4-5-10(12)6-7-10/h2-3,8,12H,4-7H2,1H3. The van der Waals surface area contributed by atoms with Crippen molar-refractivity contribution in [2.75, 3.05) is 0 Å². The summed E-state index contributed by atoms with van der Waals surface area (Å²) in [5.41, 5.74) is 1.01. The van der Waals surface area contributed by atoms with Gasteiger partial charge >= 0.3 is 0 Å². The molecule has 1 aliphatic carbocycles. The lowest BCUT2D eigenvalue weighted by molar-refractivity contribution is 0.140. The van der Waals surface area contributed by atoms with Crippen molar-refractivity contribution in [3.05, 3.63) is 24.0 Å². The summed E-state index contributed by atoms with van der Waals surface area (Å²) in [6.45, 7) is 0. The van der Waals surface area contributed by atoms with Crippen LogP contribution in [0.3, 0.4) is 0 Å². The zero-order chi connectivity index (χ0) is 8.60. The molecule has 66 valence electrons. The Bertz CT molecular complexity index is 273. The molecule has 0 atom stereocenters. The van der Waals surface area contributed by atoms with E-state index in [-0.39, 0.29) is 5.60 Å². The van der Waals surface area contributed by atoms with Gasteiger partial charge in [-0.2, -0.15) is 0 Å². The number of hydrogen-bond acceptors (Lipinski definition) is 1. The van der Waals surface area contributed by atoms with Crippen LogP contribution in [0, 0.1) is 0 Å². The van der Waals surface area contributed by atoms with Crippen LogP contribution in [-0.4, -0.2) is 15.3 Å². The largest absolute Gasteiger partial charge is 0.390 e. The van der Waals surface area contributed by atoms with Crippen molar-refractivity contribution in [3.8, 4) is 0 Å². The molecule has 2 rings (SSSR count). The fraction of sp³-hybridized carbons (Fsp3) is 0.600. The van der Waals surface area contributed by atoms with Gasteiger partial charge in [0.15, 0.2) is 0 Å². The van der Waals surface area contributed by atoms with Gasteiger partial charge in [0.1, 0.15) is 0 Å². The van der Waals surface area contributed by atoms with E-state index in [1.165, 1.54) is 5.69 Å². The average molecular weight is 165 g/mol. The van der Waals surface area contributed by atoms with Crippen molar-refractivity contribution < 1.29 is 5.11 Å². The Labute approximate surface area is 72.8 Å². The lowest BCUT2D eigenvalue weighted by atomic mass is 10.1. The molecular formula is C10H15NO. The summed E-state index contributed by atoms with van der Waals surface area (Å²) in [4.78, 5) is 0. The van der Waals surface area contributed by atoms with Crippen molar-refractivity contribution in [3.63, 3.8) is 0 Å². The molecule has 0 saturated heterocycles. The fourth-order valence-corrected chi connectivity index (χ4v) is 1.51. The minimum absolute atomic E-state index is 0.301. The molecule has 2 nitrogen and oxygen atoms in total. The van der Waals surface area contributed by atoms with Gasteiger partial charge in [0.05, 0.1) is 5.60 Å². The van der Waals surface area contributed by atoms with Gasteiger partial charge in [-0.15, -0.1) is 0 Å². The zero-order valence-electron chi connectivity index (χ0n) is 7.45. The summed E-state index contributed by atoms with van der Waals surface area (Å²) in [5, 5.41) is 9.61. The highest BCUT2D eigenvalue weighted by molar-refractivity contribution is 5.08. The summed E-state index contributed by atoms with van der Waals surface area (Å²) in [5.74, 6) is 0. The SMILES string of the molecule is Cn1cccc1CCC1(O)CC1. The van der Waals surface area contributed by atoms with Gasteiger partial charge in [0.25, 0.3) is 0 Å². The Balaban J connectivity index is 1.91. The number of aromatic nitrogens is 1. The summed E-state index contributed by atoms with van der Waals surface area (Å²) in [7, 11) is 2.05. The van der Waals surface area contributed by atoms with Crippen LogP contribution in [0.4, 0.5) is 0 Å². The number of hydrogen-bond donors (Lipinski definition) is 1. The second kappa shape index (κ2) is 2.63. The third kappa shape index (κ3) is 1.53. The van der Waals surface area contributed by atoms with Crippen molar-refractivity contribution in [2.24, 2.45) is 7.05 Å². The lowest BCUT2D eigenvalue weighted by Crippen LogP contribution is -2.09. The quantitative estimate of drug-likeness (QED) is 0.721. The molecule has 1 N–H and O–H groups in total. The van der Waals surface area contributed by atoms with Gasteiger partial charge in [-0.05, 0) is 37.8 Å². The molecule has 0 spiro atoms. The van der Waals surface area contributed by atoms with E-state index in [1.54, 1.807) is 0 Å². The van der Waals surface area contributed by atoms with Crippen LogP contribution in [0.1, 0.15) is 25.0 Å². The minimum Gasteiger partial charge on any atom is -0.390 e. The first-order chi connectivity index (χ1) is 5.70. The summed E-state index contributed by atoms with van der Waals surface area (Å²) >= 11 is 0. The summed E-state index contributed by atoms with van der Waals surface area (Å²) in [6, 6.07) is 4.16. The van der Waals surface area contributed by atoms with Crippen LogP contribution in [0.5, 0.6) is 0 Å². The first-order valence-electron chi connectivity index (χ1n) is 4.52. The number of nitrogens with zero attached hydrogens (tertiary/aromatic N) is 1. The molecule has 1 aliphatic rings. The first-order valence-corrected chi connectivity index (χ1v) is 4.52. The van der Waals surface area contributed by atoms with Gasteiger partial charge < -0.3 is 9.67 Å². The Morgan fingerprint density at radius 3 is 2.83 bits per heavy atom. The molecule has 0 bridgehead atoms. The lowest BCUT2D eigenvalue weighted by Gasteiger charge is -2.07. The van der Waals surface area contributed by atoms with Crippen molar-refractivity contribution in [1.82, 2.24) is 4.57 Å². The van der Waals surface area contributed by atoms with Crippen LogP contribution in [0.15, 0.2) is 18.3 Å². The Hall–Kier alpha value is -0.760. The van der Waals surface area contributed by atoms with Crippen LogP contribution >= 0.6 is 0 Å². The van der Waals surface area contributed by atoms with Crippen LogP contribution in [-0.2, 0) is 13.5 Å². The van der Waals surface area contributed by atoms with Crippen LogP contribution in [0.25, 0.3) is 0 Å². The van der Waals surface area contributed by atoms with E-state index in [9.17, 15) is 5.11 Å². The molecule has 0 aromatic carbocycles. The Kier molecular flexibility index (Phi) is 1.72. The molecule has 1 fully saturated rings. The van der Waals surface area contributed by atoms with E-state index in [4.69, 9.17) is 0 Å². The number of rotatable bonds is 3. The van der Waals surface area contributed by atoms with Crippen molar-refractivity contribution >= 4 is 0 Å². The number of aryl methyl sites for hydroxylation is 2. The highest BCUT2D eigenvalue weighted by Crippen LogP contribution is 2.39.